The predicted molar refractivity (Wildman–Crippen MR) is 126 cm³/mol. The Hall–Kier alpha value is -3.88. The molecule has 0 aliphatic heterocycles. The number of hydrogen-bond acceptors (Lipinski definition) is 5. The van der Waals surface area contributed by atoms with Crippen molar-refractivity contribution in [3.8, 4) is 11.1 Å². The molecule has 0 saturated carbocycles. The van der Waals surface area contributed by atoms with Gasteiger partial charge in [-0.25, -0.2) is 9.59 Å². The standard InChI is InChI=1S/C25H21ClN2O6/c26-20-10-9-14(23(30)27-22(12-29)24(31)32)11-21(20)28-25(33)34-13-19-17-7-3-1-5-15(17)16-6-2-4-8-18(16)19/h1-11,19,22,29H,12-13H2,(H,27,30)(H,28,33)(H,31,32)/t22-/m1/s1. The van der Waals surface area contributed by atoms with Crippen molar-refractivity contribution >= 4 is 35.3 Å². The summed E-state index contributed by atoms with van der Waals surface area (Å²) >= 11 is 6.15. The minimum absolute atomic E-state index is 0.0537. The van der Waals surface area contributed by atoms with Crippen molar-refractivity contribution in [3.63, 3.8) is 0 Å². The van der Waals surface area contributed by atoms with E-state index in [4.69, 9.17) is 26.6 Å². The minimum Gasteiger partial charge on any atom is -0.480 e. The molecule has 9 heteroatoms. The summed E-state index contributed by atoms with van der Waals surface area (Å²) in [5.41, 5.74) is 4.54. The number of carboxylic acid groups (broad SMARTS) is 1. The molecule has 1 aliphatic rings. The van der Waals surface area contributed by atoms with Crippen LogP contribution in [0.3, 0.4) is 0 Å². The summed E-state index contributed by atoms with van der Waals surface area (Å²) in [4.78, 5) is 35.9. The second-order valence-electron chi connectivity index (χ2n) is 7.69. The number of nitrogens with one attached hydrogen (secondary N) is 2. The Bertz CT molecular complexity index is 1220. The monoisotopic (exact) mass is 480 g/mol. The average molecular weight is 481 g/mol. The lowest BCUT2D eigenvalue weighted by Crippen LogP contribution is -2.43. The van der Waals surface area contributed by atoms with Crippen molar-refractivity contribution in [3.05, 3.63) is 88.4 Å². The number of benzene rings is 3. The quantitative estimate of drug-likeness (QED) is 0.407. The van der Waals surface area contributed by atoms with E-state index in [0.717, 1.165) is 22.3 Å². The molecular formula is C25H21ClN2O6. The van der Waals surface area contributed by atoms with Gasteiger partial charge in [0, 0.05) is 11.5 Å². The zero-order chi connectivity index (χ0) is 24.2. The molecule has 0 saturated heterocycles. The SMILES string of the molecule is O=C(Nc1cc(C(=O)N[C@H](CO)C(=O)O)ccc1Cl)OCC1c2ccccc2-c2ccccc21. The van der Waals surface area contributed by atoms with Crippen molar-refractivity contribution in [1.29, 1.82) is 0 Å². The number of amides is 2. The molecule has 0 unspecified atom stereocenters. The molecule has 34 heavy (non-hydrogen) atoms. The number of carbonyl (C=O) groups is 3. The van der Waals surface area contributed by atoms with Gasteiger partial charge in [-0.3, -0.25) is 10.1 Å². The molecule has 0 heterocycles. The zero-order valence-corrected chi connectivity index (χ0v) is 18.6. The lowest BCUT2D eigenvalue weighted by atomic mass is 9.98. The Morgan fingerprint density at radius 3 is 2.18 bits per heavy atom. The van der Waals surface area contributed by atoms with Crippen LogP contribution in [0.4, 0.5) is 10.5 Å². The summed E-state index contributed by atoms with van der Waals surface area (Å²) in [7, 11) is 0. The summed E-state index contributed by atoms with van der Waals surface area (Å²) in [5, 5.41) is 23.0. The zero-order valence-electron chi connectivity index (χ0n) is 17.8. The van der Waals surface area contributed by atoms with Crippen molar-refractivity contribution in [2.24, 2.45) is 0 Å². The minimum atomic E-state index is -1.46. The van der Waals surface area contributed by atoms with Crippen molar-refractivity contribution in [1.82, 2.24) is 5.32 Å². The van der Waals surface area contributed by atoms with Crippen molar-refractivity contribution in [2.45, 2.75) is 12.0 Å². The number of rotatable bonds is 7. The number of carbonyl (C=O) groups excluding carboxylic acids is 2. The highest BCUT2D eigenvalue weighted by Gasteiger charge is 2.29. The van der Waals surface area contributed by atoms with Gasteiger partial charge in [0.2, 0.25) is 0 Å². The number of ether oxygens (including phenoxy) is 1. The van der Waals surface area contributed by atoms with E-state index >= 15 is 0 Å². The first kappa shape index (κ1) is 23.3. The number of hydrogen-bond donors (Lipinski definition) is 4. The number of anilines is 1. The Labute approximate surface area is 200 Å². The van der Waals surface area contributed by atoms with Gasteiger partial charge in [-0.1, -0.05) is 60.1 Å². The topological polar surface area (TPSA) is 125 Å². The highest BCUT2D eigenvalue weighted by molar-refractivity contribution is 6.33. The van der Waals surface area contributed by atoms with E-state index in [-0.39, 0.29) is 28.8 Å². The third kappa shape index (κ3) is 4.73. The van der Waals surface area contributed by atoms with Gasteiger partial charge < -0.3 is 20.3 Å². The Kier molecular flexibility index (Phi) is 6.81. The van der Waals surface area contributed by atoms with E-state index < -0.39 is 30.6 Å². The fourth-order valence-corrected chi connectivity index (χ4v) is 4.10. The first-order chi connectivity index (χ1) is 16.4. The Morgan fingerprint density at radius 1 is 0.971 bits per heavy atom. The van der Waals surface area contributed by atoms with E-state index in [9.17, 15) is 14.4 Å². The number of aliphatic hydroxyl groups excluding tert-OH is 1. The van der Waals surface area contributed by atoms with Crippen LogP contribution in [0.25, 0.3) is 11.1 Å². The van der Waals surface area contributed by atoms with E-state index in [1.165, 1.54) is 18.2 Å². The summed E-state index contributed by atoms with van der Waals surface area (Å²) in [6, 6.07) is 18.5. The number of halogens is 1. The highest BCUT2D eigenvalue weighted by Crippen LogP contribution is 2.44. The molecule has 8 nitrogen and oxygen atoms in total. The summed E-state index contributed by atoms with van der Waals surface area (Å²) in [6.45, 7) is -0.659. The van der Waals surface area contributed by atoms with Crippen LogP contribution in [0.1, 0.15) is 27.4 Å². The van der Waals surface area contributed by atoms with Gasteiger partial charge in [-0.05, 0) is 40.5 Å². The fraction of sp³-hybridized carbons (Fsp3) is 0.160. The largest absolute Gasteiger partial charge is 0.480 e. The van der Waals surface area contributed by atoms with Crippen LogP contribution in [-0.2, 0) is 9.53 Å². The van der Waals surface area contributed by atoms with Crippen LogP contribution in [0.2, 0.25) is 5.02 Å². The molecule has 2 amide bonds. The second kappa shape index (κ2) is 9.94. The van der Waals surface area contributed by atoms with Gasteiger partial charge in [0.05, 0.1) is 17.3 Å². The van der Waals surface area contributed by atoms with E-state index in [1.54, 1.807) is 0 Å². The normalized spacial score (nSPS) is 12.9. The maximum absolute atomic E-state index is 12.5. The van der Waals surface area contributed by atoms with Gasteiger partial charge in [0.25, 0.3) is 5.91 Å². The van der Waals surface area contributed by atoms with E-state index in [1.807, 2.05) is 48.5 Å². The molecule has 0 bridgehead atoms. The van der Waals surface area contributed by atoms with Gasteiger partial charge >= 0.3 is 12.1 Å². The smallest absolute Gasteiger partial charge is 0.411 e. The van der Waals surface area contributed by atoms with Crippen LogP contribution in [0.5, 0.6) is 0 Å². The molecule has 4 rings (SSSR count). The van der Waals surface area contributed by atoms with Gasteiger partial charge in [-0.15, -0.1) is 0 Å². The maximum Gasteiger partial charge on any atom is 0.411 e. The Balaban J connectivity index is 1.44. The first-order valence-corrected chi connectivity index (χ1v) is 10.8. The van der Waals surface area contributed by atoms with E-state index in [2.05, 4.69) is 10.6 Å². The molecule has 174 valence electrons. The number of fused-ring (bicyclic) bond motifs is 3. The molecule has 0 fully saturated rings. The van der Waals surface area contributed by atoms with Crippen LogP contribution in [0, 0.1) is 0 Å². The third-order valence-corrected chi connectivity index (χ3v) is 5.92. The molecule has 1 atom stereocenters. The van der Waals surface area contributed by atoms with Crippen LogP contribution in [-0.4, -0.2) is 47.4 Å². The number of aliphatic carboxylic acids is 1. The lowest BCUT2D eigenvalue weighted by Gasteiger charge is -2.15. The summed E-state index contributed by atoms with van der Waals surface area (Å²) < 4.78 is 5.49. The molecule has 3 aromatic carbocycles. The molecule has 0 aromatic heterocycles. The second-order valence-corrected chi connectivity index (χ2v) is 8.10. The molecule has 0 spiro atoms. The van der Waals surface area contributed by atoms with Crippen LogP contribution < -0.4 is 10.6 Å². The lowest BCUT2D eigenvalue weighted by molar-refractivity contribution is -0.140. The molecule has 0 radical (unpaired) electrons. The van der Waals surface area contributed by atoms with Gasteiger partial charge in [0.15, 0.2) is 6.04 Å². The molecule has 1 aliphatic carbocycles. The summed E-state index contributed by atoms with van der Waals surface area (Å²) in [6.07, 6.45) is -0.750. The highest BCUT2D eigenvalue weighted by atomic mass is 35.5. The van der Waals surface area contributed by atoms with Gasteiger partial charge in [0.1, 0.15) is 6.61 Å². The Morgan fingerprint density at radius 2 is 1.59 bits per heavy atom. The number of aliphatic hydroxyl groups is 1. The van der Waals surface area contributed by atoms with Crippen molar-refractivity contribution < 1.29 is 29.3 Å². The van der Waals surface area contributed by atoms with E-state index in [0.29, 0.717) is 0 Å². The van der Waals surface area contributed by atoms with Crippen molar-refractivity contribution in [2.75, 3.05) is 18.5 Å². The summed E-state index contributed by atoms with van der Waals surface area (Å²) in [5.74, 6) is -2.23. The fourth-order valence-electron chi connectivity index (χ4n) is 3.93. The number of carboxylic acids is 1. The predicted octanol–water partition coefficient (Wildman–Crippen LogP) is 3.88. The average Bonchev–Trinajstić information content (AvgIpc) is 3.16. The van der Waals surface area contributed by atoms with Gasteiger partial charge in [-0.2, -0.15) is 0 Å². The molecule has 4 N–H and O–H groups in total. The first-order valence-electron chi connectivity index (χ1n) is 10.4. The third-order valence-electron chi connectivity index (χ3n) is 5.59. The maximum atomic E-state index is 12.5. The molecular weight excluding hydrogens is 460 g/mol. The van der Waals surface area contributed by atoms with Crippen LogP contribution >= 0.6 is 11.6 Å². The van der Waals surface area contributed by atoms with Crippen LogP contribution in [0.15, 0.2) is 66.7 Å². The molecule has 3 aromatic rings.